The van der Waals surface area contributed by atoms with Gasteiger partial charge in [-0.3, -0.25) is 0 Å². The Bertz CT molecular complexity index is 768. The minimum atomic E-state index is -0.437. The second kappa shape index (κ2) is 9.49. The molecule has 0 aliphatic carbocycles. The normalized spacial score (nSPS) is 15.2. The Balaban J connectivity index is 1.52. The van der Waals surface area contributed by atoms with E-state index < -0.39 is 6.23 Å². The molecule has 1 saturated heterocycles. The second-order valence-corrected chi connectivity index (χ2v) is 7.65. The van der Waals surface area contributed by atoms with E-state index in [9.17, 15) is 4.79 Å². The Morgan fingerprint density at radius 2 is 1.64 bits per heavy atom. The monoisotopic (exact) mass is 381 g/mol. The van der Waals surface area contributed by atoms with E-state index in [-0.39, 0.29) is 6.03 Å². The van der Waals surface area contributed by atoms with Crippen LogP contribution in [0, 0.1) is 0 Å². The summed E-state index contributed by atoms with van der Waals surface area (Å²) < 4.78 is 5.93. The molecule has 0 aromatic heterocycles. The van der Waals surface area contributed by atoms with Gasteiger partial charge in [-0.15, -0.1) is 0 Å². The predicted molar refractivity (Wildman–Crippen MR) is 115 cm³/mol. The molecule has 3 rings (SSSR count). The van der Waals surface area contributed by atoms with Crippen molar-refractivity contribution in [1.29, 1.82) is 0 Å². The summed E-state index contributed by atoms with van der Waals surface area (Å²) in [6.07, 6.45) is 3.38. The number of rotatable bonds is 6. The van der Waals surface area contributed by atoms with Crippen LogP contribution in [0.2, 0.25) is 0 Å². The number of urea groups is 1. The van der Waals surface area contributed by atoms with Gasteiger partial charge in [0.25, 0.3) is 0 Å². The largest absolute Gasteiger partial charge is 0.471 e. The van der Waals surface area contributed by atoms with Crippen molar-refractivity contribution in [2.75, 3.05) is 23.3 Å². The van der Waals surface area contributed by atoms with Gasteiger partial charge in [0.2, 0.25) is 0 Å². The van der Waals surface area contributed by atoms with Crippen LogP contribution in [0.5, 0.6) is 5.75 Å². The summed E-state index contributed by atoms with van der Waals surface area (Å²) in [4.78, 5) is 14.7. The zero-order chi connectivity index (χ0) is 19.9. The zero-order valence-corrected chi connectivity index (χ0v) is 17.1. The van der Waals surface area contributed by atoms with Gasteiger partial charge in [0, 0.05) is 24.5 Å². The molecule has 0 radical (unpaired) electrons. The van der Waals surface area contributed by atoms with Crippen LogP contribution < -0.4 is 20.3 Å². The van der Waals surface area contributed by atoms with Gasteiger partial charge in [-0.05, 0) is 68.0 Å². The van der Waals surface area contributed by atoms with Crippen molar-refractivity contribution < 1.29 is 9.53 Å². The van der Waals surface area contributed by atoms with E-state index in [1.807, 2.05) is 37.3 Å². The van der Waals surface area contributed by atoms with Gasteiger partial charge < -0.3 is 20.3 Å². The summed E-state index contributed by atoms with van der Waals surface area (Å²) in [7, 11) is 0. The number of nitrogens with zero attached hydrogens (tertiary/aromatic N) is 1. The number of carbonyl (C=O) groups is 1. The fraction of sp³-hybridized carbons (Fsp3) is 0.435. The Morgan fingerprint density at radius 1 is 0.964 bits per heavy atom. The molecular weight excluding hydrogens is 350 g/mol. The van der Waals surface area contributed by atoms with Gasteiger partial charge in [-0.25, -0.2) is 4.79 Å². The number of piperidine rings is 1. The molecule has 2 aromatic carbocycles. The first-order chi connectivity index (χ1) is 13.5. The summed E-state index contributed by atoms with van der Waals surface area (Å²) in [5, 5.41) is 5.72. The molecule has 0 saturated carbocycles. The van der Waals surface area contributed by atoms with E-state index >= 15 is 0 Å². The van der Waals surface area contributed by atoms with Crippen LogP contribution in [0.4, 0.5) is 16.2 Å². The molecule has 28 heavy (non-hydrogen) atoms. The lowest BCUT2D eigenvalue weighted by molar-refractivity contribution is 0.181. The Labute approximate surface area is 168 Å². The zero-order valence-electron chi connectivity index (χ0n) is 17.1. The summed E-state index contributed by atoms with van der Waals surface area (Å²) in [5.41, 5.74) is 3.12. The molecule has 1 aliphatic rings. The highest BCUT2D eigenvalue weighted by molar-refractivity contribution is 5.89. The second-order valence-electron chi connectivity index (χ2n) is 7.65. The molecule has 1 atom stereocenters. The lowest BCUT2D eigenvalue weighted by atomic mass is 10.0. The lowest BCUT2D eigenvalue weighted by Crippen LogP contribution is -2.39. The SMILES string of the molecule is CC(NC(=O)Nc1ccc(N2CCCCC2)cc1)Oc1ccccc1C(C)C. The van der Waals surface area contributed by atoms with E-state index in [4.69, 9.17) is 4.74 Å². The highest BCUT2D eigenvalue weighted by Crippen LogP contribution is 2.26. The van der Waals surface area contributed by atoms with Crippen LogP contribution in [-0.2, 0) is 0 Å². The number of carbonyl (C=O) groups excluding carboxylic acids is 1. The number of nitrogens with one attached hydrogen (secondary N) is 2. The average Bonchev–Trinajstić information content (AvgIpc) is 2.69. The average molecular weight is 382 g/mol. The van der Waals surface area contributed by atoms with Crippen molar-refractivity contribution in [3.63, 3.8) is 0 Å². The van der Waals surface area contributed by atoms with Crippen molar-refractivity contribution in [3.05, 3.63) is 54.1 Å². The van der Waals surface area contributed by atoms with Gasteiger partial charge in [-0.1, -0.05) is 32.0 Å². The van der Waals surface area contributed by atoms with E-state index in [0.29, 0.717) is 5.92 Å². The first-order valence-corrected chi connectivity index (χ1v) is 10.2. The summed E-state index contributed by atoms with van der Waals surface area (Å²) >= 11 is 0. The third kappa shape index (κ3) is 5.41. The Hall–Kier alpha value is -2.69. The van der Waals surface area contributed by atoms with Gasteiger partial charge >= 0.3 is 6.03 Å². The maximum absolute atomic E-state index is 12.3. The van der Waals surface area contributed by atoms with Crippen molar-refractivity contribution in [2.24, 2.45) is 0 Å². The molecule has 0 spiro atoms. The highest BCUT2D eigenvalue weighted by atomic mass is 16.5. The van der Waals surface area contributed by atoms with Gasteiger partial charge in [0.05, 0.1) is 0 Å². The summed E-state index contributed by atoms with van der Waals surface area (Å²) in [5.74, 6) is 1.16. The topological polar surface area (TPSA) is 53.6 Å². The standard InChI is InChI=1S/C23H31N3O2/c1-17(2)21-9-5-6-10-22(21)28-18(3)24-23(27)25-19-11-13-20(14-12-19)26-15-7-4-8-16-26/h5-6,9-14,17-18H,4,7-8,15-16H2,1-3H3,(H2,24,25,27). The predicted octanol–water partition coefficient (Wildman–Crippen LogP) is 5.35. The minimum Gasteiger partial charge on any atom is -0.471 e. The maximum Gasteiger partial charge on any atom is 0.322 e. The quantitative estimate of drug-likeness (QED) is 0.664. The summed E-state index contributed by atoms with van der Waals surface area (Å²) in [6, 6.07) is 15.7. The van der Waals surface area contributed by atoms with Gasteiger partial charge in [-0.2, -0.15) is 0 Å². The fourth-order valence-corrected chi connectivity index (χ4v) is 3.54. The van der Waals surface area contributed by atoms with E-state index in [1.54, 1.807) is 0 Å². The third-order valence-corrected chi connectivity index (χ3v) is 5.03. The molecular formula is C23H31N3O2. The molecule has 1 aliphatic heterocycles. The van der Waals surface area contributed by atoms with Crippen molar-refractivity contribution in [3.8, 4) is 5.75 Å². The first-order valence-electron chi connectivity index (χ1n) is 10.2. The van der Waals surface area contributed by atoms with E-state index in [2.05, 4.69) is 47.6 Å². The van der Waals surface area contributed by atoms with Gasteiger partial charge in [0.15, 0.2) is 6.23 Å². The molecule has 5 nitrogen and oxygen atoms in total. The highest BCUT2D eigenvalue weighted by Gasteiger charge is 2.14. The van der Waals surface area contributed by atoms with Crippen molar-refractivity contribution >= 4 is 17.4 Å². The van der Waals surface area contributed by atoms with E-state index in [0.717, 1.165) is 30.1 Å². The number of hydrogen-bond donors (Lipinski definition) is 2. The van der Waals surface area contributed by atoms with E-state index in [1.165, 1.54) is 24.9 Å². The van der Waals surface area contributed by atoms with Crippen LogP contribution >= 0.6 is 0 Å². The number of amides is 2. The van der Waals surface area contributed by atoms with Crippen LogP contribution in [0.15, 0.2) is 48.5 Å². The third-order valence-electron chi connectivity index (χ3n) is 5.03. The smallest absolute Gasteiger partial charge is 0.322 e. The molecule has 2 N–H and O–H groups in total. The Kier molecular flexibility index (Phi) is 6.80. The number of anilines is 2. The fourth-order valence-electron chi connectivity index (χ4n) is 3.54. The number of para-hydroxylation sites is 1. The number of hydrogen-bond acceptors (Lipinski definition) is 3. The molecule has 5 heteroatoms. The number of benzene rings is 2. The first kappa shape index (κ1) is 20.1. The van der Waals surface area contributed by atoms with Crippen LogP contribution in [0.3, 0.4) is 0 Å². The minimum absolute atomic E-state index is 0.278. The molecule has 0 bridgehead atoms. The van der Waals surface area contributed by atoms with Crippen molar-refractivity contribution in [2.45, 2.75) is 52.2 Å². The molecule has 2 amide bonds. The maximum atomic E-state index is 12.3. The lowest BCUT2D eigenvalue weighted by Gasteiger charge is -2.28. The van der Waals surface area contributed by atoms with Crippen molar-refractivity contribution in [1.82, 2.24) is 5.32 Å². The molecule has 1 unspecified atom stereocenters. The number of ether oxygens (including phenoxy) is 1. The Morgan fingerprint density at radius 3 is 2.32 bits per heavy atom. The molecule has 1 heterocycles. The van der Waals surface area contributed by atoms with Crippen LogP contribution in [-0.4, -0.2) is 25.3 Å². The molecule has 150 valence electrons. The van der Waals surface area contributed by atoms with Crippen LogP contribution in [0.1, 0.15) is 51.5 Å². The molecule has 2 aromatic rings. The van der Waals surface area contributed by atoms with Crippen LogP contribution in [0.25, 0.3) is 0 Å². The summed E-state index contributed by atoms with van der Waals surface area (Å²) in [6.45, 7) is 8.30. The van der Waals surface area contributed by atoms with Gasteiger partial charge in [0.1, 0.15) is 5.75 Å². The molecule has 1 fully saturated rings.